The molecule has 0 aliphatic carbocycles. The van der Waals surface area contributed by atoms with E-state index in [4.69, 9.17) is 11.6 Å². The third-order valence-electron chi connectivity index (χ3n) is 3.15. The fourth-order valence-corrected chi connectivity index (χ4v) is 2.88. The predicted molar refractivity (Wildman–Crippen MR) is 82.6 cm³/mol. The first-order valence-corrected chi connectivity index (χ1v) is 7.38. The Kier molecular flexibility index (Phi) is 4.66. The Balaban J connectivity index is 2.48. The summed E-state index contributed by atoms with van der Waals surface area (Å²) in [5, 5.41) is 8.55. The van der Waals surface area contributed by atoms with E-state index in [-0.39, 0.29) is 6.04 Å². The Bertz CT molecular complexity index is 561. The molecule has 0 aliphatic heterocycles. The van der Waals surface area contributed by atoms with Crippen LogP contribution < -0.4 is 5.32 Å². The van der Waals surface area contributed by atoms with Crippen LogP contribution in [0.3, 0.4) is 0 Å². The van der Waals surface area contributed by atoms with Crippen LogP contribution in [-0.4, -0.2) is 16.3 Å². The molecule has 5 heteroatoms. The molecular formula is C14H17BrClN3. The number of hydrogen-bond donors (Lipinski definition) is 1. The van der Waals surface area contributed by atoms with Gasteiger partial charge in [0.05, 0.1) is 22.4 Å². The number of aryl methyl sites for hydroxylation is 2. The molecule has 19 heavy (non-hydrogen) atoms. The summed E-state index contributed by atoms with van der Waals surface area (Å²) in [6, 6.07) is 6.24. The molecular weight excluding hydrogens is 326 g/mol. The second kappa shape index (κ2) is 6.07. The molecule has 0 aliphatic rings. The van der Waals surface area contributed by atoms with E-state index >= 15 is 0 Å². The molecule has 0 radical (unpaired) electrons. The maximum Gasteiger partial charge on any atom is 0.0760 e. The minimum absolute atomic E-state index is 0.0741. The van der Waals surface area contributed by atoms with Crippen LogP contribution in [0.5, 0.6) is 0 Å². The summed E-state index contributed by atoms with van der Waals surface area (Å²) in [6.07, 6.45) is 1.81. The lowest BCUT2D eigenvalue weighted by molar-refractivity contribution is 0.571. The van der Waals surface area contributed by atoms with Gasteiger partial charge in [0, 0.05) is 12.1 Å². The summed E-state index contributed by atoms with van der Waals surface area (Å²) < 4.78 is 2.88. The highest BCUT2D eigenvalue weighted by Gasteiger charge is 2.20. The molecule has 2 aromatic rings. The lowest BCUT2D eigenvalue weighted by atomic mass is 10.0. The zero-order valence-electron chi connectivity index (χ0n) is 11.2. The Morgan fingerprint density at radius 1 is 1.47 bits per heavy atom. The molecule has 3 nitrogen and oxygen atoms in total. The minimum Gasteiger partial charge on any atom is -0.305 e. The van der Waals surface area contributed by atoms with Crippen molar-refractivity contribution in [1.82, 2.24) is 15.1 Å². The van der Waals surface area contributed by atoms with Gasteiger partial charge in [-0.3, -0.25) is 4.68 Å². The van der Waals surface area contributed by atoms with E-state index in [9.17, 15) is 0 Å². The first-order valence-electron chi connectivity index (χ1n) is 6.21. The largest absolute Gasteiger partial charge is 0.305 e. The van der Waals surface area contributed by atoms with Crippen molar-refractivity contribution < 1.29 is 0 Å². The molecule has 1 aromatic heterocycles. The van der Waals surface area contributed by atoms with Crippen molar-refractivity contribution in [3.05, 3.63) is 50.7 Å². The molecule has 1 unspecified atom stereocenters. The van der Waals surface area contributed by atoms with Crippen LogP contribution in [0, 0.1) is 6.92 Å². The summed E-state index contributed by atoms with van der Waals surface area (Å²) in [6.45, 7) is 4.97. The van der Waals surface area contributed by atoms with Gasteiger partial charge in [-0.1, -0.05) is 30.7 Å². The Morgan fingerprint density at radius 3 is 2.74 bits per heavy atom. The Hall–Kier alpha value is -0.840. The highest BCUT2D eigenvalue weighted by Crippen LogP contribution is 2.30. The van der Waals surface area contributed by atoms with Crippen LogP contribution in [0.4, 0.5) is 0 Å². The quantitative estimate of drug-likeness (QED) is 0.915. The number of nitrogens with zero attached hydrogens (tertiary/aromatic N) is 2. The van der Waals surface area contributed by atoms with Crippen molar-refractivity contribution in [3.63, 3.8) is 0 Å². The van der Waals surface area contributed by atoms with Crippen LogP contribution in [0.15, 0.2) is 28.9 Å². The van der Waals surface area contributed by atoms with E-state index in [2.05, 4.69) is 39.3 Å². The third kappa shape index (κ3) is 3.02. The smallest absolute Gasteiger partial charge is 0.0760 e. The van der Waals surface area contributed by atoms with Crippen LogP contribution in [0.1, 0.15) is 29.8 Å². The molecule has 1 N–H and O–H groups in total. The first-order chi connectivity index (χ1) is 9.04. The maximum absolute atomic E-state index is 6.24. The zero-order chi connectivity index (χ0) is 14.0. The average Bonchev–Trinajstić information content (AvgIpc) is 2.70. The topological polar surface area (TPSA) is 29.9 Å². The summed E-state index contributed by atoms with van der Waals surface area (Å²) in [4.78, 5) is 0. The fourth-order valence-electron chi connectivity index (χ4n) is 2.11. The van der Waals surface area contributed by atoms with Gasteiger partial charge in [-0.2, -0.15) is 5.10 Å². The number of nitrogens with one attached hydrogen (secondary N) is 1. The molecule has 1 heterocycles. The zero-order valence-corrected chi connectivity index (χ0v) is 13.6. The molecule has 0 spiro atoms. The van der Waals surface area contributed by atoms with Crippen LogP contribution >= 0.6 is 27.5 Å². The summed E-state index contributed by atoms with van der Waals surface area (Å²) >= 11 is 9.80. The van der Waals surface area contributed by atoms with Crippen molar-refractivity contribution in [3.8, 4) is 0 Å². The van der Waals surface area contributed by atoms with Gasteiger partial charge in [-0.25, -0.2) is 0 Å². The highest BCUT2D eigenvalue weighted by molar-refractivity contribution is 9.10. The number of rotatable bonds is 4. The lowest BCUT2D eigenvalue weighted by Crippen LogP contribution is -2.24. The SMILES string of the molecule is CCNC(c1ccc(C)c(Cl)c1)c1c(Br)cnn1C. The van der Waals surface area contributed by atoms with Gasteiger partial charge in [0.15, 0.2) is 0 Å². The van der Waals surface area contributed by atoms with Gasteiger partial charge in [-0.05, 0) is 46.6 Å². The summed E-state index contributed by atoms with van der Waals surface area (Å²) in [7, 11) is 1.94. The molecule has 0 amide bonds. The van der Waals surface area contributed by atoms with E-state index in [1.807, 2.05) is 37.0 Å². The second-order valence-corrected chi connectivity index (χ2v) is 5.76. The fraction of sp³-hybridized carbons (Fsp3) is 0.357. The van der Waals surface area contributed by atoms with Gasteiger partial charge in [0.1, 0.15) is 0 Å². The standard InChI is InChI=1S/C14H17BrClN3/c1-4-17-13(14-11(15)8-18-19(14)3)10-6-5-9(2)12(16)7-10/h5-8,13,17H,4H2,1-3H3. The molecule has 0 saturated carbocycles. The molecule has 1 aromatic carbocycles. The molecule has 1 atom stereocenters. The van der Waals surface area contributed by atoms with E-state index in [0.29, 0.717) is 0 Å². The van der Waals surface area contributed by atoms with Crippen LogP contribution in [0.25, 0.3) is 0 Å². The molecule has 0 bridgehead atoms. The number of benzene rings is 1. The van der Waals surface area contributed by atoms with Gasteiger partial charge < -0.3 is 5.32 Å². The van der Waals surface area contributed by atoms with E-state index in [1.165, 1.54) is 0 Å². The average molecular weight is 343 g/mol. The normalized spacial score (nSPS) is 12.7. The van der Waals surface area contributed by atoms with Crippen molar-refractivity contribution in [2.75, 3.05) is 6.54 Å². The van der Waals surface area contributed by atoms with Crippen molar-refractivity contribution >= 4 is 27.5 Å². The van der Waals surface area contributed by atoms with Gasteiger partial charge in [-0.15, -0.1) is 0 Å². The Morgan fingerprint density at radius 2 is 2.21 bits per heavy atom. The minimum atomic E-state index is 0.0741. The van der Waals surface area contributed by atoms with E-state index in [0.717, 1.165) is 32.9 Å². The van der Waals surface area contributed by atoms with Gasteiger partial charge in [0.25, 0.3) is 0 Å². The molecule has 102 valence electrons. The number of hydrogen-bond acceptors (Lipinski definition) is 2. The number of aromatic nitrogens is 2. The van der Waals surface area contributed by atoms with E-state index < -0.39 is 0 Å². The second-order valence-electron chi connectivity index (χ2n) is 4.50. The number of halogens is 2. The molecule has 0 saturated heterocycles. The van der Waals surface area contributed by atoms with Gasteiger partial charge in [0.2, 0.25) is 0 Å². The van der Waals surface area contributed by atoms with Crippen molar-refractivity contribution in [1.29, 1.82) is 0 Å². The first kappa shape index (κ1) is 14.6. The van der Waals surface area contributed by atoms with Crippen LogP contribution in [-0.2, 0) is 7.05 Å². The van der Waals surface area contributed by atoms with Crippen LogP contribution in [0.2, 0.25) is 5.02 Å². The summed E-state index contributed by atoms with van der Waals surface area (Å²) in [5.41, 5.74) is 3.33. The highest BCUT2D eigenvalue weighted by atomic mass is 79.9. The van der Waals surface area contributed by atoms with Gasteiger partial charge >= 0.3 is 0 Å². The Labute approximate surface area is 127 Å². The monoisotopic (exact) mass is 341 g/mol. The predicted octanol–water partition coefficient (Wildman–Crippen LogP) is 3.84. The summed E-state index contributed by atoms with van der Waals surface area (Å²) in [5.74, 6) is 0. The maximum atomic E-state index is 6.24. The third-order valence-corrected chi connectivity index (χ3v) is 4.17. The molecule has 2 rings (SSSR count). The van der Waals surface area contributed by atoms with Crippen molar-refractivity contribution in [2.24, 2.45) is 7.05 Å². The molecule has 0 fully saturated rings. The van der Waals surface area contributed by atoms with Crippen molar-refractivity contribution in [2.45, 2.75) is 19.9 Å². The lowest BCUT2D eigenvalue weighted by Gasteiger charge is -2.20. The van der Waals surface area contributed by atoms with E-state index in [1.54, 1.807) is 0 Å².